The zero-order chi connectivity index (χ0) is 13.9. The first-order valence-corrected chi connectivity index (χ1v) is 8.99. The number of nitrogens with zero attached hydrogens (tertiary/aromatic N) is 1. The van der Waals surface area contributed by atoms with Gasteiger partial charge >= 0.3 is 0 Å². The van der Waals surface area contributed by atoms with E-state index in [1.165, 1.54) is 41.2 Å². The van der Waals surface area contributed by atoms with Crippen molar-refractivity contribution >= 4 is 22.6 Å². The van der Waals surface area contributed by atoms with E-state index in [2.05, 4.69) is 51.8 Å². The molecule has 2 aliphatic rings. The van der Waals surface area contributed by atoms with Gasteiger partial charge in [-0.15, -0.1) is 0 Å². The van der Waals surface area contributed by atoms with Crippen LogP contribution in [0.5, 0.6) is 0 Å². The molecule has 1 saturated carbocycles. The van der Waals surface area contributed by atoms with Crippen molar-refractivity contribution in [1.29, 1.82) is 0 Å². The molecule has 2 fully saturated rings. The molecule has 2 nitrogen and oxygen atoms in total. The van der Waals surface area contributed by atoms with Crippen molar-refractivity contribution in [3.8, 4) is 0 Å². The van der Waals surface area contributed by atoms with Gasteiger partial charge < -0.3 is 5.11 Å². The van der Waals surface area contributed by atoms with E-state index in [0.29, 0.717) is 12.0 Å². The Hall–Kier alpha value is -0.130. The van der Waals surface area contributed by atoms with Gasteiger partial charge in [0.15, 0.2) is 0 Å². The summed E-state index contributed by atoms with van der Waals surface area (Å²) in [5.74, 6) is 0.710. The molecule has 0 bridgehead atoms. The minimum absolute atomic E-state index is 0.0852. The van der Waals surface area contributed by atoms with E-state index < -0.39 is 0 Å². The Kier molecular flexibility index (Phi) is 5.00. The van der Waals surface area contributed by atoms with Crippen LogP contribution in [0.2, 0.25) is 0 Å². The maximum atomic E-state index is 10.2. The molecule has 3 rings (SSSR count). The van der Waals surface area contributed by atoms with E-state index in [1.54, 1.807) is 0 Å². The van der Waals surface area contributed by atoms with Gasteiger partial charge in [-0.25, -0.2) is 0 Å². The first-order chi connectivity index (χ1) is 9.74. The van der Waals surface area contributed by atoms with Crippen molar-refractivity contribution in [3.05, 3.63) is 33.4 Å². The highest BCUT2D eigenvalue weighted by molar-refractivity contribution is 14.1. The number of likely N-dealkylation sites (tertiary alicyclic amines) is 1. The fourth-order valence-corrected chi connectivity index (χ4v) is 4.41. The van der Waals surface area contributed by atoms with Crippen LogP contribution in [0.3, 0.4) is 0 Å². The SMILES string of the molecule is O[C@@H]1CCCC[C@H]1N1CCC(c2cccc([125I])c2)CC1. The third-order valence-corrected chi connectivity index (χ3v) is 5.68. The normalized spacial score (nSPS) is 29.5. The van der Waals surface area contributed by atoms with Crippen LogP contribution in [-0.4, -0.2) is 35.2 Å². The third-order valence-electron chi connectivity index (χ3n) is 5.01. The number of hydrogen-bond donors (Lipinski definition) is 1. The lowest BCUT2D eigenvalue weighted by Gasteiger charge is -2.41. The standard InChI is InChI=1S/C17H24INO/c18-15-5-3-4-14(12-15)13-8-10-19(11-9-13)16-6-1-2-7-17(16)20/h3-5,12-13,16-17,20H,1-2,6-11H2/t16-,17-/m1/s1/i18-2. The Labute approximate surface area is 135 Å². The van der Waals surface area contributed by atoms with Crippen molar-refractivity contribution in [1.82, 2.24) is 4.90 Å². The second-order valence-electron chi connectivity index (χ2n) is 6.28. The second kappa shape index (κ2) is 6.75. The number of halogens is 1. The zero-order valence-corrected chi connectivity index (χ0v) is 14.1. The third kappa shape index (κ3) is 3.37. The zero-order valence-electron chi connectivity index (χ0n) is 12.0. The number of piperidine rings is 1. The Bertz CT molecular complexity index is 442. The molecule has 1 heterocycles. The Balaban J connectivity index is 1.59. The lowest BCUT2D eigenvalue weighted by Crippen LogP contribution is -2.48. The summed E-state index contributed by atoms with van der Waals surface area (Å²) >= 11 is 2.40. The molecule has 1 aliphatic carbocycles. The number of aliphatic hydroxyl groups excluding tert-OH is 1. The predicted molar refractivity (Wildman–Crippen MR) is 91.0 cm³/mol. The smallest absolute Gasteiger partial charge is 0.0695 e. The van der Waals surface area contributed by atoms with Crippen LogP contribution in [0.15, 0.2) is 24.3 Å². The summed E-state index contributed by atoms with van der Waals surface area (Å²) in [5.41, 5.74) is 1.50. The lowest BCUT2D eigenvalue weighted by atomic mass is 9.86. The number of aliphatic hydroxyl groups is 1. The molecule has 110 valence electrons. The van der Waals surface area contributed by atoms with Gasteiger partial charge in [0.2, 0.25) is 0 Å². The van der Waals surface area contributed by atoms with Crippen LogP contribution in [0, 0.1) is 3.57 Å². The van der Waals surface area contributed by atoms with Gasteiger partial charge in [0.05, 0.1) is 6.10 Å². The van der Waals surface area contributed by atoms with Gasteiger partial charge in [-0.2, -0.15) is 0 Å². The highest BCUT2D eigenvalue weighted by Gasteiger charge is 2.31. The van der Waals surface area contributed by atoms with Crippen LogP contribution in [0.25, 0.3) is 0 Å². The monoisotopic (exact) mass is 383 g/mol. The summed E-state index contributed by atoms with van der Waals surface area (Å²) in [6.45, 7) is 2.30. The maximum absolute atomic E-state index is 10.2. The fraction of sp³-hybridized carbons (Fsp3) is 0.647. The van der Waals surface area contributed by atoms with Gasteiger partial charge in [0.25, 0.3) is 0 Å². The number of hydrogen-bond acceptors (Lipinski definition) is 2. The van der Waals surface area contributed by atoms with Crippen LogP contribution in [0.4, 0.5) is 0 Å². The average molecular weight is 383 g/mol. The van der Waals surface area contributed by atoms with Gasteiger partial charge in [-0.3, -0.25) is 4.90 Å². The Morgan fingerprint density at radius 2 is 1.80 bits per heavy atom. The van der Waals surface area contributed by atoms with E-state index in [1.807, 2.05) is 0 Å². The first kappa shape index (κ1) is 14.8. The number of rotatable bonds is 2. The molecular formula is C17H24INO. The Morgan fingerprint density at radius 1 is 1.05 bits per heavy atom. The van der Waals surface area contributed by atoms with Crippen molar-refractivity contribution < 1.29 is 5.11 Å². The van der Waals surface area contributed by atoms with E-state index in [4.69, 9.17) is 0 Å². The van der Waals surface area contributed by atoms with Gasteiger partial charge in [-0.05, 0) is 85.0 Å². The lowest BCUT2D eigenvalue weighted by molar-refractivity contribution is 0.00870. The molecule has 0 unspecified atom stereocenters. The summed E-state index contributed by atoms with van der Waals surface area (Å²) < 4.78 is 1.34. The van der Waals surface area contributed by atoms with Crippen molar-refractivity contribution in [3.63, 3.8) is 0 Å². The molecule has 1 N–H and O–H groups in total. The maximum Gasteiger partial charge on any atom is 0.0695 e. The van der Waals surface area contributed by atoms with E-state index in [0.717, 1.165) is 19.5 Å². The second-order valence-corrected chi connectivity index (χ2v) is 7.53. The molecule has 20 heavy (non-hydrogen) atoms. The van der Waals surface area contributed by atoms with Crippen LogP contribution >= 0.6 is 22.6 Å². The van der Waals surface area contributed by atoms with Gasteiger partial charge in [0.1, 0.15) is 0 Å². The van der Waals surface area contributed by atoms with Crippen molar-refractivity contribution in [2.24, 2.45) is 0 Å². The van der Waals surface area contributed by atoms with Gasteiger partial charge in [-0.1, -0.05) is 25.0 Å². The predicted octanol–water partition coefficient (Wildman–Crippen LogP) is 3.77. The molecule has 0 spiro atoms. The molecule has 0 aromatic heterocycles. The summed E-state index contributed by atoms with van der Waals surface area (Å²) in [6.07, 6.45) is 7.08. The molecule has 0 amide bonds. The van der Waals surface area contributed by atoms with Crippen molar-refractivity contribution in [2.45, 2.75) is 56.6 Å². The molecule has 1 aromatic rings. The molecule has 3 heteroatoms. The summed E-state index contributed by atoms with van der Waals surface area (Å²) in [7, 11) is 0. The molecule has 1 aliphatic heterocycles. The minimum atomic E-state index is -0.0852. The molecular weight excluding hydrogens is 359 g/mol. The van der Waals surface area contributed by atoms with E-state index in [9.17, 15) is 5.11 Å². The van der Waals surface area contributed by atoms with Crippen LogP contribution in [-0.2, 0) is 0 Å². The van der Waals surface area contributed by atoms with Gasteiger partial charge in [0, 0.05) is 9.61 Å². The summed E-state index contributed by atoms with van der Waals surface area (Å²) in [6, 6.07) is 9.38. The molecule has 2 atom stereocenters. The van der Waals surface area contributed by atoms with Crippen LogP contribution < -0.4 is 0 Å². The quantitative estimate of drug-likeness (QED) is 0.786. The molecule has 0 radical (unpaired) electrons. The fourth-order valence-electron chi connectivity index (χ4n) is 3.84. The molecule has 1 aromatic carbocycles. The average Bonchev–Trinajstić information content (AvgIpc) is 2.48. The highest BCUT2D eigenvalue weighted by Crippen LogP contribution is 2.32. The highest BCUT2D eigenvalue weighted by atomic mass is 125. The van der Waals surface area contributed by atoms with E-state index in [-0.39, 0.29) is 6.10 Å². The van der Waals surface area contributed by atoms with Crippen molar-refractivity contribution in [2.75, 3.05) is 13.1 Å². The summed E-state index contributed by atoms with van der Waals surface area (Å²) in [4.78, 5) is 2.55. The minimum Gasteiger partial charge on any atom is -0.391 e. The van der Waals surface area contributed by atoms with Crippen LogP contribution in [0.1, 0.15) is 50.0 Å². The largest absolute Gasteiger partial charge is 0.391 e. The topological polar surface area (TPSA) is 23.5 Å². The molecule has 1 saturated heterocycles. The first-order valence-electron chi connectivity index (χ1n) is 7.91. The summed E-state index contributed by atoms with van der Waals surface area (Å²) in [5, 5.41) is 10.2. The Morgan fingerprint density at radius 3 is 2.50 bits per heavy atom. The van der Waals surface area contributed by atoms with E-state index >= 15 is 0 Å². The number of benzene rings is 1.